The van der Waals surface area contributed by atoms with Crippen LogP contribution in [-0.4, -0.2) is 65.1 Å². The quantitative estimate of drug-likeness (QED) is 0.811. The molecule has 126 valence electrons. The first-order valence-corrected chi connectivity index (χ1v) is 7.69. The average Bonchev–Trinajstić information content (AvgIpc) is 2.67. The summed E-state index contributed by atoms with van der Waals surface area (Å²) < 4.78 is 10.8. The summed E-state index contributed by atoms with van der Waals surface area (Å²) in [6.45, 7) is 8.77. The van der Waals surface area contributed by atoms with Crippen molar-refractivity contribution in [3.8, 4) is 0 Å². The van der Waals surface area contributed by atoms with Gasteiger partial charge in [-0.05, 0) is 34.1 Å². The molecular formula is C15H26N2O5. The molecule has 1 amide bonds. The van der Waals surface area contributed by atoms with Crippen LogP contribution in [0, 0.1) is 0 Å². The normalized spacial score (nSPS) is 27.4. The van der Waals surface area contributed by atoms with Crippen molar-refractivity contribution in [2.24, 2.45) is 0 Å². The molecule has 2 heterocycles. The molecule has 7 heteroatoms. The van der Waals surface area contributed by atoms with Crippen molar-refractivity contribution in [1.29, 1.82) is 0 Å². The molecule has 2 saturated heterocycles. The number of hydrogen-bond donors (Lipinski definition) is 2. The fraction of sp³-hybridized carbons (Fsp3) is 0.867. The van der Waals surface area contributed by atoms with Gasteiger partial charge in [0.05, 0.1) is 18.1 Å². The molecule has 2 aliphatic rings. The lowest BCUT2D eigenvalue weighted by atomic mass is 9.85. The first-order valence-electron chi connectivity index (χ1n) is 7.69. The topological polar surface area (TPSA) is 88.1 Å². The molecule has 0 aromatic heterocycles. The van der Waals surface area contributed by atoms with Gasteiger partial charge in [-0.15, -0.1) is 0 Å². The van der Waals surface area contributed by atoms with Crippen molar-refractivity contribution in [2.75, 3.05) is 19.7 Å². The first-order chi connectivity index (χ1) is 10.1. The van der Waals surface area contributed by atoms with Crippen LogP contribution >= 0.6 is 0 Å². The van der Waals surface area contributed by atoms with E-state index in [1.165, 1.54) is 0 Å². The molecule has 0 radical (unpaired) electrons. The summed E-state index contributed by atoms with van der Waals surface area (Å²) in [5, 5.41) is 12.6. The largest absolute Gasteiger partial charge is 0.481 e. The van der Waals surface area contributed by atoms with E-state index in [9.17, 15) is 9.59 Å². The fourth-order valence-electron chi connectivity index (χ4n) is 3.00. The summed E-state index contributed by atoms with van der Waals surface area (Å²) in [5.41, 5.74) is -1.14. The molecule has 7 nitrogen and oxygen atoms in total. The third-order valence-electron chi connectivity index (χ3n) is 4.00. The van der Waals surface area contributed by atoms with E-state index in [1.54, 1.807) is 4.90 Å². The average molecular weight is 314 g/mol. The molecule has 22 heavy (non-hydrogen) atoms. The van der Waals surface area contributed by atoms with Crippen LogP contribution in [0.15, 0.2) is 0 Å². The predicted molar refractivity (Wildman–Crippen MR) is 79.7 cm³/mol. The van der Waals surface area contributed by atoms with E-state index in [0.717, 1.165) is 6.42 Å². The number of rotatable bonds is 4. The minimum atomic E-state index is -0.872. The van der Waals surface area contributed by atoms with Gasteiger partial charge in [0.15, 0.2) is 0 Å². The van der Waals surface area contributed by atoms with Crippen LogP contribution in [0.25, 0.3) is 0 Å². The van der Waals surface area contributed by atoms with E-state index in [4.69, 9.17) is 14.6 Å². The van der Waals surface area contributed by atoms with E-state index in [1.807, 2.05) is 27.7 Å². The van der Waals surface area contributed by atoms with Gasteiger partial charge in [0.2, 0.25) is 0 Å². The van der Waals surface area contributed by atoms with Crippen LogP contribution in [-0.2, 0) is 14.3 Å². The summed E-state index contributed by atoms with van der Waals surface area (Å²) in [5.74, 6) is -0.872. The monoisotopic (exact) mass is 314 g/mol. The van der Waals surface area contributed by atoms with Gasteiger partial charge in [0.1, 0.15) is 5.60 Å². The van der Waals surface area contributed by atoms with Gasteiger partial charge in [-0.25, -0.2) is 4.79 Å². The van der Waals surface area contributed by atoms with Crippen molar-refractivity contribution < 1.29 is 24.2 Å². The van der Waals surface area contributed by atoms with Gasteiger partial charge in [-0.2, -0.15) is 0 Å². The number of likely N-dealkylation sites (tertiary alicyclic amines) is 1. The maximum Gasteiger partial charge on any atom is 0.410 e. The first kappa shape index (κ1) is 17.0. The maximum atomic E-state index is 12.0. The number of nitrogens with one attached hydrogen (secondary N) is 1. The van der Waals surface area contributed by atoms with Gasteiger partial charge >= 0.3 is 12.1 Å². The zero-order valence-electron chi connectivity index (χ0n) is 13.7. The second-order valence-corrected chi connectivity index (χ2v) is 7.30. The lowest BCUT2D eigenvalue weighted by Gasteiger charge is -2.51. The fourth-order valence-corrected chi connectivity index (χ4v) is 3.00. The summed E-state index contributed by atoms with van der Waals surface area (Å²) in [6.07, 6.45) is 0.497. The third-order valence-corrected chi connectivity index (χ3v) is 4.00. The molecule has 0 aromatic carbocycles. The zero-order chi connectivity index (χ0) is 16.5. The number of nitrogens with zero attached hydrogens (tertiary/aromatic N) is 1. The molecule has 0 aliphatic carbocycles. The summed E-state index contributed by atoms with van der Waals surface area (Å²) >= 11 is 0. The van der Waals surface area contributed by atoms with Gasteiger partial charge < -0.3 is 24.8 Å². The van der Waals surface area contributed by atoms with Crippen molar-refractivity contribution in [1.82, 2.24) is 10.2 Å². The van der Waals surface area contributed by atoms with Crippen LogP contribution in [0.1, 0.15) is 40.5 Å². The van der Waals surface area contributed by atoms with E-state index in [-0.39, 0.29) is 18.6 Å². The second kappa shape index (κ2) is 6.04. The zero-order valence-corrected chi connectivity index (χ0v) is 13.7. The standard InChI is InChI=1S/C15H26N2O5/c1-10-11(5-6-21-10)16-15(7-12(18)19)8-17(9-15)13(20)22-14(2,3)4/h10-11,16H,5-9H2,1-4H3,(H,18,19). The van der Waals surface area contributed by atoms with Crippen molar-refractivity contribution >= 4 is 12.1 Å². The number of aliphatic carboxylic acids is 1. The van der Waals surface area contributed by atoms with Gasteiger partial charge in [-0.3, -0.25) is 4.79 Å². The molecule has 0 aromatic rings. The van der Waals surface area contributed by atoms with Crippen LogP contribution in [0.3, 0.4) is 0 Å². The highest BCUT2D eigenvalue weighted by atomic mass is 16.6. The number of ether oxygens (including phenoxy) is 2. The SMILES string of the molecule is CC1OCCC1NC1(CC(=O)O)CN(C(=O)OC(C)(C)C)C1. The Morgan fingerprint density at radius 1 is 1.41 bits per heavy atom. The number of carboxylic acids is 1. The molecule has 2 atom stereocenters. The number of carbonyl (C=O) groups is 2. The Hall–Kier alpha value is -1.34. The molecule has 0 bridgehead atoms. The Morgan fingerprint density at radius 2 is 2.05 bits per heavy atom. The summed E-state index contributed by atoms with van der Waals surface area (Å²) in [4.78, 5) is 24.7. The molecule has 2 aliphatic heterocycles. The lowest BCUT2D eigenvalue weighted by Crippen LogP contribution is -2.73. The van der Waals surface area contributed by atoms with Crippen LogP contribution in [0.2, 0.25) is 0 Å². The molecular weight excluding hydrogens is 288 g/mol. The summed E-state index contributed by atoms with van der Waals surface area (Å²) in [6, 6.07) is 0.125. The molecule has 2 N–H and O–H groups in total. The van der Waals surface area contributed by atoms with Crippen LogP contribution < -0.4 is 5.32 Å². The van der Waals surface area contributed by atoms with Crippen molar-refractivity contribution in [2.45, 2.75) is 63.8 Å². The van der Waals surface area contributed by atoms with Crippen molar-refractivity contribution in [3.63, 3.8) is 0 Å². The highest BCUT2D eigenvalue weighted by Crippen LogP contribution is 2.29. The highest BCUT2D eigenvalue weighted by molar-refractivity contribution is 5.73. The Labute approximate surface area is 130 Å². The smallest absolute Gasteiger partial charge is 0.410 e. The highest BCUT2D eigenvalue weighted by Gasteiger charge is 2.49. The van der Waals surface area contributed by atoms with Crippen molar-refractivity contribution in [3.05, 3.63) is 0 Å². The molecule has 0 saturated carbocycles. The number of carboxylic acid groups (broad SMARTS) is 1. The van der Waals surface area contributed by atoms with Gasteiger partial charge in [-0.1, -0.05) is 0 Å². The Kier molecular flexibility index (Phi) is 4.67. The number of hydrogen-bond acceptors (Lipinski definition) is 5. The lowest BCUT2D eigenvalue weighted by molar-refractivity contribution is -0.141. The Bertz CT molecular complexity index is 440. The van der Waals surface area contributed by atoms with E-state index in [0.29, 0.717) is 19.7 Å². The third kappa shape index (κ3) is 4.10. The summed E-state index contributed by atoms with van der Waals surface area (Å²) in [7, 11) is 0. The Balaban J connectivity index is 1.96. The van der Waals surface area contributed by atoms with Crippen LogP contribution in [0.4, 0.5) is 4.79 Å². The van der Waals surface area contributed by atoms with Crippen LogP contribution in [0.5, 0.6) is 0 Å². The van der Waals surface area contributed by atoms with E-state index < -0.39 is 23.2 Å². The van der Waals surface area contributed by atoms with Gasteiger partial charge in [0.25, 0.3) is 0 Å². The second-order valence-electron chi connectivity index (χ2n) is 7.30. The van der Waals surface area contributed by atoms with Gasteiger partial charge in [0, 0.05) is 25.7 Å². The van der Waals surface area contributed by atoms with E-state index >= 15 is 0 Å². The molecule has 2 unspecified atom stereocenters. The van der Waals surface area contributed by atoms with E-state index in [2.05, 4.69) is 5.32 Å². The predicted octanol–water partition coefficient (Wildman–Crippen LogP) is 1.22. The minimum absolute atomic E-state index is 0.0183. The number of amides is 1. The molecule has 0 spiro atoms. The Morgan fingerprint density at radius 3 is 2.50 bits per heavy atom. The maximum absolute atomic E-state index is 12.0. The molecule has 2 fully saturated rings. The number of carbonyl (C=O) groups excluding carboxylic acids is 1. The molecule has 2 rings (SSSR count). The minimum Gasteiger partial charge on any atom is -0.481 e.